The topological polar surface area (TPSA) is 51.2 Å². The second-order valence-electron chi connectivity index (χ2n) is 7.51. The average Bonchev–Trinajstić information content (AvgIpc) is 3.59. The van der Waals surface area contributed by atoms with Gasteiger partial charge in [0.25, 0.3) is 5.91 Å². The summed E-state index contributed by atoms with van der Waals surface area (Å²) in [7, 11) is 0. The minimum atomic E-state index is -0.0427. The Morgan fingerprint density at radius 1 is 1.03 bits per heavy atom. The van der Waals surface area contributed by atoms with Gasteiger partial charge in [-0.3, -0.25) is 4.79 Å². The number of amides is 1. The van der Waals surface area contributed by atoms with Crippen molar-refractivity contribution in [2.24, 2.45) is 5.92 Å². The van der Waals surface area contributed by atoms with Gasteiger partial charge >= 0.3 is 0 Å². The Balaban J connectivity index is 1.26. The van der Waals surface area contributed by atoms with Gasteiger partial charge in [0, 0.05) is 30.7 Å². The molecule has 4 nitrogen and oxygen atoms in total. The molecule has 0 radical (unpaired) electrons. The van der Waals surface area contributed by atoms with Gasteiger partial charge in [-0.2, -0.15) is 0 Å². The number of hydrogen-bond donors (Lipinski definition) is 1. The van der Waals surface area contributed by atoms with Crippen LogP contribution in [0, 0.1) is 5.92 Å². The van der Waals surface area contributed by atoms with Crippen molar-refractivity contribution in [2.45, 2.75) is 19.3 Å². The Morgan fingerprint density at radius 3 is 2.69 bits per heavy atom. The molecular weight excluding hydrogens is 360 g/mol. The van der Waals surface area contributed by atoms with E-state index in [2.05, 4.69) is 22.4 Å². The molecule has 1 aliphatic rings. The molecule has 0 unspecified atom stereocenters. The normalized spacial score (nSPS) is 13.8. The average molecular weight is 386 g/mol. The standard InChI is InChI=1S/C25H26N2O2/c28-25(26-16-3-17-29-18-20-6-7-20)22-11-8-19(9-12-22)10-14-23-15-13-21-4-1-2-5-24(21)27-23/h1-2,4-5,8-15,20H,3,6-7,16-18H2,(H,26,28)/b14-10+. The molecule has 4 heteroatoms. The summed E-state index contributed by atoms with van der Waals surface area (Å²) in [5.74, 6) is 0.744. The summed E-state index contributed by atoms with van der Waals surface area (Å²) in [6.07, 6.45) is 7.46. The Labute approximate surface area is 171 Å². The third kappa shape index (κ3) is 5.75. The summed E-state index contributed by atoms with van der Waals surface area (Å²) >= 11 is 0. The Morgan fingerprint density at radius 2 is 1.86 bits per heavy atom. The maximum atomic E-state index is 12.2. The molecule has 0 aliphatic heterocycles. The van der Waals surface area contributed by atoms with Gasteiger partial charge in [-0.15, -0.1) is 0 Å². The number of carbonyl (C=O) groups is 1. The molecular formula is C25H26N2O2. The number of benzene rings is 2. The lowest BCUT2D eigenvalue weighted by Crippen LogP contribution is -2.25. The molecule has 1 fully saturated rings. The van der Waals surface area contributed by atoms with E-state index in [1.165, 1.54) is 12.8 Å². The number of rotatable bonds is 9. The highest BCUT2D eigenvalue weighted by atomic mass is 16.5. The fraction of sp³-hybridized carbons (Fsp3) is 0.280. The Hall–Kier alpha value is -2.98. The van der Waals surface area contributed by atoms with Crippen molar-refractivity contribution in [1.29, 1.82) is 0 Å². The molecule has 1 amide bonds. The van der Waals surface area contributed by atoms with Gasteiger partial charge in [0.05, 0.1) is 11.2 Å². The van der Waals surface area contributed by atoms with Crippen LogP contribution in [0.1, 0.15) is 40.9 Å². The third-order valence-electron chi connectivity index (χ3n) is 5.04. The Kier molecular flexibility index (Phi) is 6.32. The number of fused-ring (bicyclic) bond motifs is 1. The summed E-state index contributed by atoms with van der Waals surface area (Å²) in [6, 6.07) is 19.8. The van der Waals surface area contributed by atoms with Crippen molar-refractivity contribution in [3.8, 4) is 0 Å². The molecule has 3 aromatic rings. The van der Waals surface area contributed by atoms with E-state index >= 15 is 0 Å². The number of pyridine rings is 1. The molecule has 1 N–H and O–H groups in total. The van der Waals surface area contributed by atoms with Gasteiger partial charge < -0.3 is 10.1 Å². The third-order valence-corrected chi connectivity index (χ3v) is 5.04. The molecule has 1 aliphatic carbocycles. The molecule has 29 heavy (non-hydrogen) atoms. The summed E-state index contributed by atoms with van der Waals surface area (Å²) in [4.78, 5) is 16.9. The number of hydrogen-bond acceptors (Lipinski definition) is 3. The fourth-order valence-electron chi connectivity index (χ4n) is 3.11. The largest absolute Gasteiger partial charge is 0.381 e. The van der Waals surface area contributed by atoms with Crippen LogP contribution in [0.25, 0.3) is 23.1 Å². The highest BCUT2D eigenvalue weighted by molar-refractivity contribution is 5.94. The summed E-state index contributed by atoms with van der Waals surface area (Å²) in [5.41, 5.74) is 3.60. The predicted molar refractivity (Wildman–Crippen MR) is 118 cm³/mol. The van der Waals surface area contributed by atoms with Gasteiger partial charge in [0.1, 0.15) is 0 Å². The van der Waals surface area contributed by atoms with Crippen LogP contribution in [0.4, 0.5) is 0 Å². The van der Waals surface area contributed by atoms with E-state index in [0.29, 0.717) is 18.7 Å². The SMILES string of the molecule is O=C(NCCCOCC1CC1)c1ccc(/C=C/c2ccc3ccccc3n2)cc1. The van der Waals surface area contributed by atoms with Crippen LogP contribution in [0.15, 0.2) is 60.7 Å². The van der Waals surface area contributed by atoms with E-state index < -0.39 is 0 Å². The molecule has 1 heterocycles. The molecule has 0 saturated heterocycles. The van der Waals surface area contributed by atoms with Gasteiger partial charge in [-0.1, -0.05) is 42.5 Å². The van der Waals surface area contributed by atoms with Crippen molar-refractivity contribution in [3.05, 3.63) is 77.5 Å². The lowest BCUT2D eigenvalue weighted by Gasteiger charge is -2.06. The first-order valence-electron chi connectivity index (χ1n) is 10.3. The first kappa shape index (κ1) is 19.3. The maximum Gasteiger partial charge on any atom is 0.251 e. The molecule has 0 atom stereocenters. The number of nitrogens with one attached hydrogen (secondary N) is 1. The van der Waals surface area contributed by atoms with Crippen molar-refractivity contribution < 1.29 is 9.53 Å². The van der Waals surface area contributed by atoms with Crippen LogP contribution >= 0.6 is 0 Å². The smallest absolute Gasteiger partial charge is 0.251 e. The maximum absolute atomic E-state index is 12.2. The van der Waals surface area contributed by atoms with Crippen molar-refractivity contribution in [3.63, 3.8) is 0 Å². The van der Waals surface area contributed by atoms with Crippen LogP contribution in [0.2, 0.25) is 0 Å². The number of carbonyl (C=O) groups excluding carboxylic acids is 1. The second-order valence-corrected chi connectivity index (χ2v) is 7.51. The van der Waals surface area contributed by atoms with E-state index in [4.69, 9.17) is 4.74 Å². The monoisotopic (exact) mass is 386 g/mol. The number of ether oxygens (including phenoxy) is 1. The zero-order chi connectivity index (χ0) is 19.9. The first-order chi connectivity index (χ1) is 14.3. The van der Waals surface area contributed by atoms with E-state index in [9.17, 15) is 4.79 Å². The molecule has 0 spiro atoms. The lowest BCUT2D eigenvalue weighted by molar-refractivity contribution is 0.0937. The quantitative estimate of drug-likeness (QED) is 0.529. The van der Waals surface area contributed by atoms with Crippen LogP contribution in [0.3, 0.4) is 0 Å². The van der Waals surface area contributed by atoms with E-state index in [-0.39, 0.29) is 5.91 Å². The van der Waals surface area contributed by atoms with Crippen molar-refractivity contribution >= 4 is 29.0 Å². The summed E-state index contributed by atoms with van der Waals surface area (Å²) in [5, 5.41) is 4.08. The number of aromatic nitrogens is 1. The minimum absolute atomic E-state index is 0.0427. The second kappa shape index (κ2) is 9.48. The van der Waals surface area contributed by atoms with E-state index in [0.717, 1.165) is 41.1 Å². The molecule has 148 valence electrons. The zero-order valence-electron chi connectivity index (χ0n) is 16.5. The lowest BCUT2D eigenvalue weighted by atomic mass is 10.1. The van der Waals surface area contributed by atoms with Gasteiger partial charge in [-0.05, 0) is 61.1 Å². The number of nitrogens with zero attached hydrogens (tertiary/aromatic N) is 1. The molecule has 1 aromatic heterocycles. The van der Waals surface area contributed by atoms with E-state index in [1.807, 2.05) is 60.7 Å². The first-order valence-corrected chi connectivity index (χ1v) is 10.3. The fourth-order valence-corrected chi connectivity index (χ4v) is 3.11. The number of para-hydroxylation sites is 1. The molecule has 1 saturated carbocycles. The highest BCUT2D eigenvalue weighted by Gasteiger charge is 2.20. The van der Waals surface area contributed by atoms with Crippen LogP contribution in [0.5, 0.6) is 0 Å². The Bertz CT molecular complexity index is 991. The van der Waals surface area contributed by atoms with Crippen molar-refractivity contribution in [1.82, 2.24) is 10.3 Å². The van der Waals surface area contributed by atoms with Gasteiger partial charge in [0.2, 0.25) is 0 Å². The summed E-state index contributed by atoms with van der Waals surface area (Å²) in [6.45, 7) is 2.22. The van der Waals surface area contributed by atoms with Gasteiger partial charge in [0.15, 0.2) is 0 Å². The van der Waals surface area contributed by atoms with E-state index in [1.54, 1.807) is 0 Å². The van der Waals surface area contributed by atoms with Crippen LogP contribution in [-0.2, 0) is 4.74 Å². The minimum Gasteiger partial charge on any atom is -0.381 e. The van der Waals surface area contributed by atoms with Gasteiger partial charge in [-0.25, -0.2) is 4.98 Å². The summed E-state index contributed by atoms with van der Waals surface area (Å²) < 4.78 is 5.58. The molecule has 0 bridgehead atoms. The molecule has 2 aromatic carbocycles. The van der Waals surface area contributed by atoms with Crippen LogP contribution < -0.4 is 5.32 Å². The molecule has 4 rings (SSSR count). The highest BCUT2D eigenvalue weighted by Crippen LogP contribution is 2.28. The van der Waals surface area contributed by atoms with Crippen molar-refractivity contribution in [2.75, 3.05) is 19.8 Å². The van der Waals surface area contributed by atoms with Crippen LogP contribution in [-0.4, -0.2) is 30.6 Å². The predicted octanol–water partition coefficient (Wildman–Crippen LogP) is 4.95. The zero-order valence-corrected chi connectivity index (χ0v) is 16.5.